The summed E-state index contributed by atoms with van der Waals surface area (Å²) < 4.78 is 8.32. The van der Waals surface area contributed by atoms with Gasteiger partial charge in [-0.3, -0.25) is 9.69 Å². The van der Waals surface area contributed by atoms with Crippen molar-refractivity contribution in [3.05, 3.63) is 126 Å². The fraction of sp³-hybridized carbons (Fsp3) is 0.156. The second kappa shape index (κ2) is 10.4. The van der Waals surface area contributed by atoms with Gasteiger partial charge in [-0.05, 0) is 54.2 Å². The Kier molecular flexibility index (Phi) is 6.54. The van der Waals surface area contributed by atoms with E-state index in [4.69, 9.17) is 11.3 Å². The number of imidazole rings is 1. The third-order valence-electron chi connectivity index (χ3n) is 7.15. The summed E-state index contributed by atoms with van der Waals surface area (Å²) in [5.41, 5.74) is 4.22. The van der Waals surface area contributed by atoms with Gasteiger partial charge in [-0.2, -0.15) is 0 Å². The van der Waals surface area contributed by atoms with E-state index in [9.17, 15) is 4.79 Å². The van der Waals surface area contributed by atoms with Gasteiger partial charge in [0.2, 0.25) is 11.6 Å². The lowest BCUT2D eigenvalue weighted by Crippen LogP contribution is -2.43. The average Bonchev–Trinajstić information content (AvgIpc) is 3.38. The van der Waals surface area contributed by atoms with Crippen LogP contribution in [-0.2, 0) is 24.3 Å². The number of anilines is 1. The summed E-state index contributed by atoms with van der Waals surface area (Å²) >= 11 is 0. The lowest BCUT2D eigenvalue weighted by molar-refractivity contribution is -0.121. The highest BCUT2D eigenvalue weighted by atomic mass is 16.5. The quantitative estimate of drug-likeness (QED) is 0.277. The highest BCUT2D eigenvalue weighted by molar-refractivity contribution is 6.04. The molecule has 1 atom stereocenters. The maximum Gasteiger partial charge on any atom is 0.242 e. The SMILES string of the molecule is [C-]#[N+]c1ccc2cc1Oc1ccc3cccc(c3c1)NC(=O)C(Cc1ccccc1)N(C)Cc1cncn1C2. The molecule has 7 nitrogen and oxygen atoms in total. The molecule has 1 unspecified atom stereocenters. The number of carbonyl (C=O) groups is 1. The number of nitrogens with one attached hydrogen (secondary N) is 1. The number of rotatable bonds is 2. The van der Waals surface area contributed by atoms with E-state index in [1.54, 1.807) is 12.4 Å². The van der Waals surface area contributed by atoms with E-state index < -0.39 is 6.04 Å². The largest absolute Gasteiger partial charge is 0.468 e. The summed E-state index contributed by atoms with van der Waals surface area (Å²) in [6, 6.07) is 27.0. The Morgan fingerprint density at radius 2 is 1.90 bits per heavy atom. The topological polar surface area (TPSA) is 63.8 Å². The van der Waals surface area contributed by atoms with Crippen molar-refractivity contribution in [2.45, 2.75) is 25.6 Å². The minimum Gasteiger partial charge on any atom is -0.468 e. The lowest BCUT2D eigenvalue weighted by atomic mass is 10.0. The van der Waals surface area contributed by atoms with E-state index in [0.717, 1.165) is 27.6 Å². The first kappa shape index (κ1) is 24.4. The lowest BCUT2D eigenvalue weighted by Gasteiger charge is -2.28. The second-order valence-corrected chi connectivity index (χ2v) is 9.83. The molecule has 0 aliphatic carbocycles. The van der Waals surface area contributed by atoms with Crippen molar-refractivity contribution in [1.82, 2.24) is 14.5 Å². The fourth-order valence-corrected chi connectivity index (χ4v) is 5.07. The van der Waals surface area contributed by atoms with Gasteiger partial charge >= 0.3 is 0 Å². The summed E-state index contributed by atoms with van der Waals surface area (Å²) in [6.07, 6.45) is 4.21. The van der Waals surface area contributed by atoms with Crippen LogP contribution in [0.5, 0.6) is 11.5 Å². The first-order valence-electron chi connectivity index (χ1n) is 12.8. The van der Waals surface area contributed by atoms with Crippen molar-refractivity contribution in [3.63, 3.8) is 0 Å². The molecule has 0 saturated carbocycles. The second-order valence-electron chi connectivity index (χ2n) is 9.83. The number of hydrogen-bond donors (Lipinski definition) is 1. The smallest absolute Gasteiger partial charge is 0.242 e. The monoisotopic (exact) mass is 513 g/mol. The Morgan fingerprint density at radius 3 is 2.74 bits per heavy atom. The average molecular weight is 514 g/mol. The molecule has 1 aliphatic heterocycles. The van der Waals surface area contributed by atoms with Crippen LogP contribution in [0.1, 0.15) is 16.8 Å². The van der Waals surface area contributed by atoms with Crippen molar-refractivity contribution in [2.24, 2.45) is 0 Å². The van der Waals surface area contributed by atoms with Gasteiger partial charge in [-0.1, -0.05) is 60.7 Å². The number of amides is 1. The van der Waals surface area contributed by atoms with Crippen LogP contribution >= 0.6 is 0 Å². The number of aromatic nitrogens is 2. The summed E-state index contributed by atoms with van der Waals surface area (Å²) in [7, 11) is 1.98. The van der Waals surface area contributed by atoms with Crippen molar-refractivity contribution >= 4 is 28.1 Å². The number of likely N-dealkylation sites (N-methyl/N-ethyl adjacent to an activating group) is 1. The van der Waals surface area contributed by atoms with Gasteiger partial charge in [0.25, 0.3) is 0 Å². The molecule has 0 spiro atoms. The maximum absolute atomic E-state index is 13.9. The molecule has 7 heteroatoms. The minimum absolute atomic E-state index is 0.0844. The standard InChI is InChI=1S/C32H27N5O2/c1-33-29-14-11-23-16-31(29)39-26-13-12-24-9-6-10-28(27(24)17-26)35-32(38)30(15-22-7-4-3-5-8-22)36(2)20-25-18-34-21-37(25)19-23/h3-14,16-18,21,30H,15,19-20H2,2H3,(H,35,38). The van der Waals surface area contributed by atoms with E-state index in [1.807, 2.05) is 80.0 Å². The molecule has 0 fully saturated rings. The molecule has 39 heavy (non-hydrogen) atoms. The molecule has 1 amide bonds. The third-order valence-corrected chi connectivity index (χ3v) is 7.15. The Morgan fingerprint density at radius 1 is 1.03 bits per heavy atom. The van der Waals surface area contributed by atoms with Crippen LogP contribution < -0.4 is 10.1 Å². The molecule has 0 saturated heterocycles. The van der Waals surface area contributed by atoms with Crippen LogP contribution in [0.3, 0.4) is 0 Å². The van der Waals surface area contributed by atoms with Gasteiger partial charge in [-0.15, -0.1) is 0 Å². The molecule has 1 aliphatic rings. The summed E-state index contributed by atoms with van der Waals surface area (Å²) in [5, 5.41) is 5.05. The molecular weight excluding hydrogens is 486 g/mol. The zero-order chi connectivity index (χ0) is 26.8. The third kappa shape index (κ3) is 5.11. The fourth-order valence-electron chi connectivity index (χ4n) is 5.07. The number of benzene rings is 4. The van der Waals surface area contributed by atoms with E-state index in [1.165, 1.54) is 0 Å². The highest BCUT2D eigenvalue weighted by Crippen LogP contribution is 2.36. The Hall–Kier alpha value is -4.93. The molecule has 0 radical (unpaired) electrons. The van der Waals surface area contributed by atoms with Crippen LogP contribution in [0.4, 0.5) is 11.4 Å². The van der Waals surface area contributed by atoms with Gasteiger partial charge in [0.15, 0.2) is 0 Å². The van der Waals surface area contributed by atoms with E-state index in [0.29, 0.717) is 42.4 Å². The molecule has 5 aromatic rings. The summed E-state index contributed by atoms with van der Waals surface area (Å²) in [5.74, 6) is 1.01. The Bertz CT molecular complexity index is 1700. The number of nitrogens with zero attached hydrogens (tertiary/aromatic N) is 4. The van der Waals surface area contributed by atoms with Gasteiger partial charge in [0.1, 0.15) is 11.5 Å². The van der Waals surface area contributed by atoms with E-state index in [2.05, 4.69) is 36.7 Å². The van der Waals surface area contributed by atoms with Crippen LogP contribution in [0.25, 0.3) is 15.6 Å². The molecule has 1 N–H and O–H groups in total. The summed E-state index contributed by atoms with van der Waals surface area (Å²) in [6.45, 7) is 8.73. The number of ether oxygens (including phenoxy) is 1. The molecule has 1 aromatic heterocycles. The molecular formula is C32H27N5O2. The normalized spacial score (nSPS) is 15.8. The Balaban J connectivity index is 1.47. The Labute approximate surface area is 227 Å². The number of fused-ring (bicyclic) bond motifs is 4. The predicted octanol–water partition coefficient (Wildman–Crippen LogP) is 6.42. The zero-order valence-corrected chi connectivity index (χ0v) is 21.5. The van der Waals surface area contributed by atoms with Crippen LogP contribution in [0.2, 0.25) is 0 Å². The molecule has 6 rings (SSSR count). The van der Waals surface area contributed by atoms with Crippen molar-refractivity contribution in [1.29, 1.82) is 0 Å². The van der Waals surface area contributed by atoms with Gasteiger partial charge < -0.3 is 14.6 Å². The number of carbonyl (C=O) groups excluding carboxylic acids is 1. The predicted molar refractivity (Wildman–Crippen MR) is 152 cm³/mol. The van der Waals surface area contributed by atoms with E-state index >= 15 is 0 Å². The number of hydrogen-bond acceptors (Lipinski definition) is 4. The molecule has 192 valence electrons. The molecule has 4 aromatic carbocycles. The first-order valence-corrected chi connectivity index (χ1v) is 12.8. The van der Waals surface area contributed by atoms with Gasteiger partial charge in [0, 0.05) is 30.4 Å². The zero-order valence-electron chi connectivity index (χ0n) is 21.5. The van der Waals surface area contributed by atoms with Crippen LogP contribution in [-0.4, -0.2) is 33.4 Å². The van der Waals surface area contributed by atoms with Gasteiger partial charge in [0.05, 0.1) is 24.6 Å². The van der Waals surface area contributed by atoms with Crippen LogP contribution in [0, 0.1) is 6.57 Å². The molecule has 2 heterocycles. The first-order chi connectivity index (χ1) is 19.1. The van der Waals surface area contributed by atoms with Crippen LogP contribution in [0.15, 0.2) is 97.5 Å². The van der Waals surface area contributed by atoms with Crippen molar-refractivity contribution < 1.29 is 9.53 Å². The summed E-state index contributed by atoms with van der Waals surface area (Å²) in [4.78, 5) is 24.0. The highest BCUT2D eigenvalue weighted by Gasteiger charge is 2.25. The minimum atomic E-state index is -0.414. The maximum atomic E-state index is 13.9. The van der Waals surface area contributed by atoms with Crippen molar-refractivity contribution in [2.75, 3.05) is 12.4 Å². The van der Waals surface area contributed by atoms with Crippen molar-refractivity contribution in [3.8, 4) is 11.5 Å². The molecule has 4 bridgehead atoms. The van der Waals surface area contributed by atoms with E-state index in [-0.39, 0.29) is 5.91 Å². The van der Waals surface area contributed by atoms with Gasteiger partial charge in [-0.25, -0.2) is 9.83 Å².